The van der Waals surface area contributed by atoms with E-state index in [9.17, 15) is 22.4 Å². The van der Waals surface area contributed by atoms with Crippen LogP contribution in [0.3, 0.4) is 0 Å². The number of terminal acetylenes is 1. The molecule has 1 aromatic carbocycles. The number of aryl methyl sites for hydroxylation is 1. The summed E-state index contributed by atoms with van der Waals surface area (Å²) < 4.78 is 55.9. The summed E-state index contributed by atoms with van der Waals surface area (Å²) in [5.41, 5.74) is -0.387. The topological polar surface area (TPSA) is 100 Å². The molecule has 0 unspecified atom stereocenters. The van der Waals surface area contributed by atoms with Crippen LogP contribution >= 0.6 is 0 Å². The third kappa shape index (κ3) is 4.08. The number of anilines is 2. The molecule has 168 valence electrons. The molecule has 3 N–H and O–H groups in total. The van der Waals surface area contributed by atoms with Crippen molar-refractivity contribution < 1.29 is 22.4 Å². The molecule has 3 heterocycles. The molecule has 0 aliphatic carbocycles. The zero-order chi connectivity index (χ0) is 23.8. The van der Waals surface area contributed by atoms with Gasteiger partial charge in [-0.1, -0.05) is 5.92 Å². The fraction of sp³-hybridized carbons (Fsp3) is 0.143. The number of nitrogens with one attached hydrogen (secondary N) is 3. The second kappa shape index (κ2) is 8.27. The molecule has 0 aliphatic rings. The molecule has 12 heteroatoms. The number of imidazole rings is 1. The molecule has 0 bridgehead atoms. The number of hydrogen-bond donors (Lipinski definition) is 3. The molecule has 4 aromatic rings. The maximum Gasteiger partial charge on any atom is 0.433 e. The number of alkyl halides is 3. The van der Waals surface area contributed by atoms with Gasteiger partial charge < -0.3 is 10.6 Å². The number of benzene rings is 1. The van der Waals surface area contributed by atoms with Crippen molar-refractivity contribution in [2.75, 3.05) is 11.9 Å². The number of halogens is 4. The van der Waals surface area contributed by atoms with Crippen LogP contribution in [0.2, 0.25) is 0 Å². The average Bonchev–Trinajstić information content (AvgIpc) is 3.39. The molecule has 0 spiro atoms. The zero-order valence-electron chi connectivity index (χ0n) is 17.0. The van der Waals surface area contributed by atoms with Gasteiger partial charge in [0.05, 0.1) is 35.8 Å². The van der Waals surface area contributed by atoms with E-state index in [2.05, 4.69) is 31.6 Å². The number of aromatic amines is 1. The van der Waals surface area contributed by atoms with E-state index < -0.39 is 23.6 Å². The molecule has 0 saturated carbocycles. The van der Waals surface area contributed by atoms with Crippen molar-refractivity contribution in [1.82, 2.24) is 29.9 Å². The Morgan fingerprint density at radius 3 is 2.76 bits per heavy atom. The van der Waals surface area contributed by atoms with Gasteiger partial charge in [0.15, 0.2) is 11.5 Å². The number of rotatable bonds is 5. The number of fused-ring (bicyclic) bond motifs is 1. The number of aromatic nitrogens is 5. The largest absolute Gasteiger partial charge is 0.433 e. The third-order valence-electron chi connectivity index (χ3n) is 4.75. The van der Waals surface area contributed by atoms with E-state index in [1.807, 2.05) is 5.10 Å². The van der Waals surface area contributed by atoms with Gasteiger partial charge in [-0.2, -0.15) is 18.3 Å². The van der Waals surface area contributed by atoms with Crippen molar-refractivity contribution >= 4 is 23.1 Å². The summed E-state index contributed by atoms with van der Waals surface area (Å²) in [6.45, 7) is 1.51. The molecule has 3 aromatic heterocycles. The molecule has 0 radical (unpaired) electrons. The Morgan fingerprint density at radius 2 is 2.06 bits per heavy atom. The maximum atomic E-state index is 14.6. The number of nitrogens with zero attached hydrogens (tertiary/aromatic N) is 4. The Balaban J connectivity index is 1.70. The van der Waals surface area contributed by atoms with Gasteiger partial charge in [-0.25, -0.2) is 14.4 Å². The van der Waals surface area contributed by atoms with Gasteiger partial charge in [-0.3, -0.25) is 14.3 Å². The van der Waals surface area contributed by atoms with Crippen LogP contribution in [0.4, 0.5) is 29.1 Å². The van der Waals surface area contributed by atoms with Crippen LogP contribution in [0.15, 0.2) is 36.9 Å². The Hall–Kier alpha value is -4.40. The van der Waals surface area contributed by atoms with E-state index >= 15 is 0 Å². The van der Waals surface area contributed by atoms with Gasteiger partial charge in [-0.05, 0) is 24.6 Å². The lowest BCUT2D eigenvalue weighted by Gasteiger charge is -2.12. The lowest BCUT2D eigenvalue weighted by molar-refractivity contribution is -0.140. The van der Waals surface area contributed by atoms with Gasteiger partial charge in [0, 0.05) is 18.1 Å². The molecule has 0 fully saturated rings. The van der Waals surface area contributed by atoms with Crippen LogP contribution in [-0.2, 0) is 6.18 Å². The number of H-pyrrole nitrogens is 1. The first-order valence-corrected chi connectivity index (χ1v) is 9.42. The summed E-state index contributed by atoms with van der Waals surface area (Å²) in [5, 5.41) is 10.8. The van der Waals surface area contributed by atoms with E-state index in [0.29, 0.717) is 5.56 Å². The van der Waals surface area contributed by atoms with Crippen molar-refractivity contribution in [2.45, 2.75) is 13.1 Å². The van der Waals surface area contributed by atoms with E-state index in [-0.39, 0.29) is 40.5 Å². The first-order chi connectivity index (χ1) is 15.7. The van der Waals surface area contributed by atoms with Gasteiger partial charge in [0.1, 0.15) is 11.5 Å². The van der Waals surface area contributed by atoms with Crippen LogP contribution in [-0.4, -0.2) is 37.0 Å². The van der Waals surface area contributed by atoms with Gasteiger partial charge in [0.25, 0.3) is 5.91 Å². The molecule has 0 atom stereocenters. The quantitative estimate of drug-likeness (QED) is 0.314. The maximum absolute atomic E-state index is 14.6. The minimum Gasteiger partial charge on any atom is -0.341 e. The summed E-state index contributed by atoms with van der Waals surface area (Å²) >= 11 is 0. The van der Waals surface area contributed by atoms with Gasteiger partial charge in [0.2, 0.25) is 0 Å². The number of carbonyl (C=O) groups excluding carboxylic acids is 1. The molecule has 0 aliphatic heterocycles. The minimum atomic E-state index is -4.63. The molecule has 0 saturated heterocycles. The summed E-state index contributed by atoms with van der Waals surface area (Å²) in [6.07, 6.45) is 5.59. The van der Waals surface area contributed by atoms with Crippen LogP contribution in [0.5, 0.6) is 0 Å². The predicted molar refractivity (Wildman–Crippen MR) is 111 cm³/mol. The second-order valence-corrected chi connectivity index (χ2v) is 6.93. The van der Waals surface area contributed by atoms with E-state index in [1.54, 1.807) is 6.92 Å². The SMILES string of the molecule is C#CCNC(=O)c1c(C)cc(Nc2nccn3c(-c4cn[nH]c4C(F)(F)F)cnc23)cc1F. The number of hydrogen-bond acceptors (Lipinski definition) is 5. The van der Waals surface area contributed by atoms with E-state index in [4.69, 9.17) is 6.42 Å². The lowest BCUT2D eigenvalue weighted by atomic mass is 10.1. The summed E-state index contributed by atoms with van der Waals surface area (Å²) in [6, 6.07) is 2.63. The Bertz CT molecular complexity index is 1370. The van der Waals surface area contributed by atoms with Crippen molar-refractivity contribution in [1.29, 1.82) is 0 Å². The Labute approximate surface area is 184 Å². The first-order valence-electron chi connectivity index (χ1n) is 9.42. The number of amides is 1. The predicted octanol–water partition coefficient (Wildman–Crippen LogP) is 3.69. The standard InChI is InChI=1S/C21H15F4N7O/c1-3-4-27-20(33)16-11(2)7-12(8-14(16)22)30-18-19-28-10-15(32(19)6-5-26-18)13-9-29-31-17(13)21(23,24)25/h1,5-10H,4H2,2H3,(H,26,30)(H,27,33)(H,29,31). The van der Waals surface area contributed by atoms with Crippen LogP contribution in [0.25, 0.3) is 16.9 Å². The van der Waals surface area contributed by atoms with Crippen LogP contribution in [0, 0.1) is 25.1 Å². The normalized spacial score (nSPS) is 11.4. The third-order valence-corrected chi connectivity index (χ3v) is 4.75. The monoisotopic (exact) mass is 457 g/mol. The molecule has 8 nitrogen and oxygen atoms in total. The molecular formula is C21H15F4N7O. The highest BCUT2D eigenvalue weighted by Gasteiger charge is 2.36. The average molecular weight is 457 g/mol. The second-order valence-electron chi connectivity index (χ2n) is 6.93. The van der Waals surface area contributed by atoms with E-state index in [1.165, 1.54) is 29.1 Å². The van der Waals surface area contributed by atoms with Crippen molar-refractivity contribution in [3.63, 3.8) is 0 Å². The molecule has 1 amide bonds. The van der Waals surface area contributed by atoms with Crippen LogP contribution < -0.4 is 10.6 Å². The molecular weight excluding hydrogens is 442 g/mol. The molecule has 33 heavy (non-hydrogen) atoms. The molecule has 4 rings (SSSR count). The first kappa shape index (κ1) is 21.8. The van der Waals surface area contributed by atoms with E-state index in [0.717, 1.165) is 12.3 Å². The summed E-state index contributed by atoms with van der Waals surface area (Å²) in [5.74, 6) is 0.984. The van der Waals surface area contributed by atoms with Gasteiger partial charge >= 0.3 is 6.18 Å². The highest BCUT2D eigenvalue weighted by molar-refractivity contribution is 5.96. The zero-order valence-corrected chi connectivity index (χ0v) is 17.0. The Kier molecular flexibility index (Phi) is 5.47. The van der Waals surface area contributed by atoms with Crippen molar-refractivity contribution in [3.8, 4) is 23.6 Å². The highest BCUT2D eigenvalue weighted by atomic mass is 19.4. The van der Waals surface area contributed by atoms with Crippen molar-refractivity contribution in [2.24, 2.45) is 0 Å². The fourth-order valence-corrected chi connectivity index (χ4v) is 3.36. The lowest BCUT2D eigenvalue weighted by Crippen LogP contribution is -2.25. The highest BCUT2D eigenvalue weighted by Crippen LogP contribution is 2.36. The van der Waals surface area contributed by atoms with Crippen LogP contribution in [0.1, 0.15) is 21.6 Å². The Morgan fingerprint density at radius 1 is 1.27 bits per heavy atom. The van der Waals surface area contributed by atoms with Gasteiger partial charge in [-0.15, -0.1) is 6.42 Å². The summed E-state index contributed by atoms with van der Waals surface area (Å²) in [7, 11) is 0. The minimum absolute atomic E-state index is 0.0431. The summed E-state index contributed by atoms with van der Waals surface area (Å²) in [4.78, 5) is 20.5. The van der Waals surface area contributed by atoms with Crippen molar-refractivity contribution in [3.05, 3.63) is 59.6 Å². The fourth-order valence-electron chi connectivity index (χ4n) is 3.36. The smallest absolute Gasteiger partial charge is 0.341 e. The number of carbonyl (C=O) groups is 1.